The number of sulfone groups is 1. The molecule has 2 aromatic carbocycles. The molecule has 21 heavy (non-hydrogen) atoms. The number of anilines is 1. The molecule has 2 aromatic rings. The summed E-state index contributed by atoms with van der Waals surface area (Å²) in [6.07, 6.45) is 1.04. The van der Waals surface area contributed by atoms with E-state index in [-0.39, 0.29) is 11.0 Å². The molecule has 6 heteroatoms. The van der Waals surface area contributed by atoms with Gasteiger partial charge in [0, 0.05) is 11.3 Å². The molecule has 1 aliphatic heterocycles. The third-order valence-electron chi connectivity index (χ3n) is 3.35. The Morgan fingerprint density at radius 2 is 2.05 bits per heavy atom. The highest BCUT2D eigenvalue weighted by molar-refractivity contribution is 7.90. The molecule has 0 amide bonds. The Kier molecular flexibility index (Phi) is 3.55. The molecule has 0 fully saturated rings. The highest BCUT2D eigenvalue weighted by atomic mass is 35.5. The standard InChI is InChI=1S/C15H14ClNO3S/c1-21(18,19)12-5-6-14-13(8-12)17-9-15(20-14)10-3-2-4-11(16)7-10/h2-8,15,17H,9H2,1H3. The van der Waals surface area contributed by atoms with E-state index in [9.17, 15) is 8.42 Å². The third kappa shape index (κ3) is 2.99. The first-order valence-electron chi connectivity index (χ1n) is 6.43. The number of hydrogen-bond acceptors (Lipinski definition) is 4. The van der Waals surface area contributed by atoms with Gasteiger partial charge in [0.2, 0.25) is 0 Å². The van der Waals surface area contributed by atoms with E-state index in [0.29, 0.717) is 23.0 Å². The highest BCUT2D eigenvalue weighted by Gasteiger charge is 2.22. The fourth-order valence-corrected chi connectivity index (χ4v) is 3.12. The van der Waals surface area contributed by atoms with Gasteiger partial charge in [-0.05, 0) is 35.9 Å². The van der Waals surface area contributed by atoms with E-state index in [4.69, 9.17) is 16.3 Å². The molecule has 3 rings (SSSR count). The van der Waals surface area contributed by atoms with Gasteiger partial charge in [-0.15, -0.1) is 0 Å². The van der Waals surface area contributed by atoms with Gasteiger partial charge in [0.05, 0.1) is 17.1 Å². The van der Waals surface area contributed by atoms with Crippen LogP contribution >= 0.6 is 11.6 Å². The largest absolute Gasteiger partial charge is 0.482 e. The van der Waals surface area contributed by atoms with Crippen LogP contribution in [0.3, 0.4) is 0 Å². The van der Waals surface area contributed by atoms with Crippen LogP contribution in [0.15, 0.2) is 47.4 Å². The first-order chi connectivity index (χ1) is 9.93. The molecule has 0 aliphatic carbocycles. The van der Waals surface area contributed by atoms with Gasteiger partial charge in [-0.3, -0.25) is 0 Å². The minimum absolute atomic E-state index is 0.153. The molecule has 0 aromatic heterocycles. The zero-order chi connectivity index (χ0) is 15.0. The summed E-state index contributed by atoms with van der Waals surface area (Å²) in [5, 5.41) is 3.87. The molecular formula is C15H14ClNO3S. The van der Waals surface area contributed by atoms with Crippen molar-refractivity contribution in [2.75, 3.05) is 18.1 Å². The maximum atomic E-state index is 11.6. The van der Waals surface area contributed by atoms with Crippen molar-refractivity contribution >= 4 is 27.1 Å². The first kappa shape index (κ1) is 14.2. The van der Waals surface area contributed by atoms with Crippen LogP contribution in [-0.4, -0.2) is 21.2 Å². The predicted octanol–water partition coefficient (Wildman–Crippen LogP) is 3.29. The molecule has 0 saturated heterocycles. The molecular weight excluding hydrogens is 310 g/mol. The second-order valence-corrected chi connectivity index (χ2v) is 7.42. The lowest BCUT2D eigenvalue weighted by Gasteiger charge is -2.28. The summed E-state index contributed by atoms with van der Waals surface area (Å²) in [4.78, 5) is 0.276. The molecule has 1 heterocycles. The van der Waals surface area contributed by atoms with Crippen molar-refractivity contribution in [3.63, 3.8) is 0 Å². The second kappa shape index (κ2) is 5.24. The summed E-state index contributed by atoms with van der Waals surface area (Å²) >= 11 is 5.99. The van der Waals surface area contributed by atoms with Crippen LogP contribution in [0.1, 0.15) is 11.7 Å². The quantitative estimate of drug-likeness (QED) is 0.921. The molecule has 1 aliphatic rings. The van der Waals surface area contributed by atoms with Gasteiger partial charge in [0.25, 0.3) is 0 Å². The van der Waals surface area contributed by atoms with Crippen LogP contribution in [0.5, 0.6) is 5.75 Å². The van der Waals surface area contributed by atoms with Gasteiger partial charge in [0.15, 0.2) is 9.84 Å². The maximum absolute atomic E-state index is 11.6. The molecule has 1 atom stereocenters. The van der Waals surface area contributed by atoms with Crippen molar-refractivity contribution < 1.29 is 13.2 Å². The predicted molar refractivity (Wildman–Crippen MR) is 82.9 cm³/mol. The summed E-state index contributed by atoms with van der Waals surface area (Å²) < 4.78 is 29.0. The molecule has 1 unspecified atom stereocenters. The van der Waals surface area contributed by atoms with E-state index in [1.165, 1.54) is 6.26 Å². The van der Waals surface area contributed by atoms with Gasteiger partial charge < -0.3 is 10.1 Å². The normalized spacial score (nSPS) is 17.5. The van der Waals surface area contributed by atoms with Gasteiger partial charge in [-0.2, -0.15) is 0 Å². The number of ether oxygens (including phenoxy) is 1. The van der Waals surface area contributed by atoms with Crippen LogP contribution in [-0.2, 0) is 9.84 Å². The van der Waals surface area contributed by atoms with Gasteiger partial charge >= 0.3 is 0 Å². The van der Waals surface area contributed by atoms with Crippen LogP contribution in [0, 0.1) is 0 Å². The Bertz CT molecular complexity index is 789. The number of nitrogens with one attached hydrogen (secondary N) is 1. The van der Waals surface area contributed by atoms with Crippen LogP contribution in [0.25, 0.3) is 0 Å². The lowest BCUT2D eigenvalue weighted by Crippen LogP contribution is -2.23. The molecule has 1 N–H and O–H groups in total. The van der Waals surface area contributed by atoms with Crippen molar-refractivity contribution in [1.82, 2.24) is 0 Å². The van der Waals surface area contributed by atoms with Gasteiger partial charge in [0.1, 0.15) is 11.9 Å². The van der Waals surface area contributed by atoms with E-state index < -0.39 is 9.84 Å². The molecule has 0 spiro atoms. The molecule has 0 radical (unpaired) electrons. The topological polar surface area (TPSA) is 55.4 Å². The zero-order valence-electron chi connectivity index (χ0n) is 11.3. The summed E-state index contributed by atoms with van der Waals surface area (Å²) in [5.74, 6) is 0.638. The molecule has 0 saturated carbocycles. The minimum Gasteiger partial charge on any atom is -0.482 e. The SMILES string of the molecule is CS(=O)(=O)c1ccc2c(c1)NCC(c1cccc(Cl)c1)O2. The number of halogens is 1. The van der Waals surface area contributed by atoms with Gasteiger partial charge in [-0.1, -0.05) is 23.7 Å². The number of hydrogen-bond donors (Lipinski definition) is 1. The highest BCUT2D eigenvalue weighted by Crippen LogP contribution is 2.36. The van der Waals surface area contributed by atoms with E-state index in [0.717, 1.165) is 5.56 Å². The van der Waals surface area contributed by atoms with Crippen molar-refractivity contribution in [2.45, 2.75) is 11.0 Å². The average Bonchev–Trinajstić information content (AvgIpc) is 2.45. The monoisotopic (exact) mass is 323 g/mol. The molecule has 0 bridgehead atoms. The second-order valence-electron chi connectivity index (χ2n) is 4.97. The van der Waals surface area contributed by atoms with Crippen LogP contribution in [0.4, 0.5) is 5.69 Å². The van der Waals surface area contributed by atoms with E-state index in [2.05, 4.69) is 5.32 Å². The zero-order valence-corrected chi connectivity index (χ0v) is 12.9. The Balaban J connectivity index is 1.90. The lowest BCUT2D eigenvalue weighted by atomic mass is 10.1. The number of fused-ring (bicyclic) bond motifs is 1. The summed E-state index contributed by atoms with van der Waals surface area (Å²) in [5.41, 5.74) is 1.67. The van der Waals surface area contributed by atoms with Crippen LogP contribution in [0.2, 0.25) is 5.02 Å². The van der Waals surface area contributed by atoms with Gasteiger partial charge in [-0.25, -0.2) is 8.42 Å². The number of benzene rings is 2. The fraction of sp³-hybridized carbons (Fsp3) is 0.200. The smallest absolute Gasteiger partial charge is 0.175 e. The minimum atomic E-state index is -3.22. The van der Waals surface area contributed by atoms with E-state index in [1.54, 1.807) is 18.2 Å². The summed E-state index contributed by atoms with van der Waals surface area (Å²) in [6.45, 7) is 0.556. The van der Waals surface area contributed by atoms with Crippen molar-refractivity contribution in [3.8, 4) is 5.75 Å². The first-order valence-corrected chi connectivity index (χ1v) is 8.70. The Morgan fingerprint density at radius 1 is 1.24 bits per heavy atom. The molecule has 4 nitrogen and oxygen atoms in total. The Morgan fingerprint density at radius 3 is 2.76 bits per heavy atom. The van der Waals surface area contributed by atoms with Crippen LogP contribution < -0.4 is 10.1 Å². The fourth-order valence-electron chi connectivity index (χ4n) is 2.27. The molecule has 110 valence electrons. The Labute approximate surface area is 128 Å². The van der Waals surface area contributed by atoms with Crippen molar-refractivity contribution in [1.29, 1.82) is 0 Å². The van der Waals surface area contributed by atoms with E-state index in [1.807, 2.05) is 24.3 Å². The van der Waals surface area contributed by atoms with Crippen molar-refractivity contribution in [2.24, 2.45) is 0 Å². The Hall–Kier alpha value is -1.72. The number of rotatable bonds is 2. The average molecular weight is 324 g/mol. The summed E-state index contributed by atoms with van der Waals surface area (Å²) in [6, 6.07) is 12.3. The van der Waals surface area contributed by atoms with E-state index >= 15 is 0 Å². The third-order valence-corrected chi connectivity index (χ3v) is 4.69. The lowest BCUT2D eigenvalue weighted by molar-refractivity contribution is 0.210. The summed E-state index contributed by atoms with van der Waals surface area (Å²) in [7, 11) is -3.22. The maximum Gasteiger partial charge on any atom is 0.175 e. The van der Waals surface area contributed by atoms with Crippen molar-refractivity contribution in [3.05, 3.63) is 53.1 Å².